The van der Waals surface area contributed by atoms with Gasteiger partial charge in [-0.25, -0.2) is 22.0 Å². The molecule has 0 aromatic heterocycles. The maximum absolute atomic E-state index is 13.7. The summed E-state index contributed by atoms with van der Waals surface area (Å²) in [5, 5.41) is 1.74. The van der Waals surface area contributed by atoms with Gasteiger partial charge in [-0.3, -0.25) is 4.57 Å². The zero-order valence-corrected chi connectivity index (χ0v) is 12.9. The predicted molar refractivity (Wildman–Crippen MR) is 75.8 cm³/mol. The normalized spacial score (nSPS) is 13.0. The standard InChI is InChI=1S/C14H11F5NO3P/c1-6-2-4-7(5-3-6)14(24(21,22)23)20-13-11(18)9(16)8(15)10(17)12(13)19/h2-5,14,20H,1H3,(H2,21,22,23). The van der Waals surface area contributed by atoms with Gasteiger partial charge in [0.15, 0.2) is 29.1 Å². The van der Waals surface area contributed by atoms with E-state index in [9.17, 15) is 36.3 Å². The summed E-state index contributed by atoms with van der Waals surface area (Å²) in [6, 6.07) is 5.46. The number of rotatable bonds is 4. The molecule has 1 unspecified atom stereocenters. The van der Waals surface area contributed by atoms with Crippen molar-refractivity contribution < 1.29 is 36.3 Å². The summed E-state index contributed by atoms with van der Waals surface area (Å²) in [5.41, 5.74) is -0.863. The van der Waals surface area contributed by atoms with Crippen LogP contribution in [0.5, 0.6) is 0 Å². The van der Waals surface area contributed by atoms with Gasteiger partial charge >= 0.3 is 7.60 Å². The van der Waals surface area contributed by atoms with E-state index in [2.05, 4.69) is 0 Å². The molecule has 0 fully saturated rings. The van der Waals surface area contributed by atoms with E-state index in [0.29, 0.717) is 0 Å². The van der Waals surface area contributed by atoms with Gasteiger partial charge in [0, 0.05) is 0 Å². The Balaban J connectivity index is 2.57. The van der Waals surface area contributed by atoms with Gasteiger partial charge in [-0.1, -0.05) is 29.8 Å². The van der Waals surface area contributed by atoms with E-state index in [4.69, 9.17) is 0 Å². The third kappa shape index (κ3) is 3.43. The maximum atomic E-state index is 13.7. The van der Waals surface area contributed by atoms with Crippen LogP contribution in [-0.4, -0.2) is 9.79 Å². The number of nitrogens with one attached hydrogen (secondary N) is 1. The van der Waals surface area contributed by atoms with Crippen LogP contribution in [0.1, 0.15) is 16.9 Å². The summed E-state index contributed by atoms with van der Waals surface area (Å²) >= 11 is 0. The molecule has 2 rings (SSSR count). The van der Waals surface area contributed by atoms with Gasteiger partial charge in [0.05, 0.1) is 0 Å². The van der Waals surface area contributed by atoms with E-state index in [1.807, 2.05) is 0 Å². The molecule has 0 saturated heterocycles. The van der Waals surface area contributed by atoms with Crippen molar-refractivity contribution in [2.45, 2.75) is 12.7 Å². The minimum atomic E-state index is -5.04. The number of hydrogen-bond acceptors (Lipinski definition) is 2. The number of hydrogen-bond donors (Lipinski definition) is 3. The van der Waals surface area contributed by atoms with Crippen LogP contribution in [-0.2, 0) is 4.57 Å². The largest absolute Gasteiger partial charge is 0.363 e. The molecule has 10 heteroatoms. The second kappa shape index (κ2) is 6.51. The van der Waals surface area contributed by atoms with Gasteiger partial charge in [-0.05, 0) is 12.5 Å². The van der Waals surface area contributed by atoms with Crippen molar-refractivity contribution in [2.75, 3.05) is 5.32 Å². The zero-order valence-electron chi connectivity index (χ0n) is 12.0. The van der Waals surface area contributed by atoms with Crippen molar-refractivity contribution in [3.05, 3.63) is 64.5 Å². The highest BCUT2D eigenvalue weighted by molar-refractivity contribution is 7.52. The van der Waals surface area contributed by atoms with Gasteiger partial charge in [0.25, 0.3) is 0 Å². The first-order chi connectivity index (χ1) is 11.0. The third-order valence-electron chi connectivity index (χ3n) is 3.22. The number of benzene rings is 2. The molecule has 24 heavy (non-hydrogen) atoms. The lowest BCUT2D eigenvalue weighted by molar-refractivity contribution is 0.361. The minimum absolute atomic E-state index is 0.0853. The molecule has 0 aliphatic rings. The molecule has 0 saturated carbocycles. The second-order valence-electron chi connectivity index (χ2n) is 4.99. The topological polar surface area (TPSA) is 69.6 Å². The molecule has 0 radical (unpaired) electrons. The van der Waals surface area contributed by atoms with E-state index in [1.54, 1.807) is 12.2 Å². The molecule has 0 aliphatic carbocycles. The SMILES string of the molecule is Cc1ccc(C(Nc2c(F)c(F)c(F)c(F)c2F)P(=O)(O)O)cc1. The first kappa shape index (κ1) is 18.4. The van der Waals surface area contributed by atoms with Gasteiger partial charge in [0.2, 0.25) is 5.82 Å². The van der Waals surface area contributed by atoms with E-state index in [-0.39, 0.29) is 5.56 Å². The zero-order chi connectivity index (χ0) is 18.2. The van der Waals surface area contributed by atoms with E-state index >= 15 is 0 Å². The Labute approximate surface area is 133 Å². The van der Waals surface area contributed by atoms with Gasteiger partial charge in [-0.2, -0.15) is 0 Å². The minimum Gasteiger partial charge on any atom is -0.363 e. The molecule has 3 N–H and O–H groups in total. The Hall–Kier alpha value is -1.96. The summed E-state index contributed by atoms with van der Waals surface area (Å²) in [6.07, 6.45) is 0. The van der Waals surface area contributed by atoms with Crippen molar-refractivity contribution >= 4 is 13.3 Å². The van der Waals surface area contributed by atoms with Crippen molar-refractivity contribution in [1.29, 1.82) is 0 Å². The van der Waals surface area contributed by atoms with Crippen LogP contribution in [0.2, 0.25) is 0 Å². The first-order valence-corrected chi connectivity index (χ1v) is 8.12. The molecule has 0 spiro atoms. The molecule has 0 heterocycles. The lowest BCUT2D eigenvalue weighted by atomic mass is 10.1. The molecule has 4 nitrogen and oxygen atoms in total. The van der Waals surface area contributed by atoms with Crippen LogP contribution in [0.3, 0.4) is 0 Å². The lowest BCUT2D eigenvalue weighted by Gasteiger charge is -2.22. The quantitative estimate of drug-likeness (QED) is 0.331. The van der Waals surface area contributed by atoms with Gasteiger partial charge in [0.1, 0.15) is 5.69 Å². The molecule has 2 aromatic carbocycles. The molecule has 0 bridgehead atoms. The smallest absolute Gasteiger partial charge is 0.352 e. The summed E-state index contributed by atoms with van der Waals surface area (Å²) in [7, 11) is -5.04. The first-order valence-electron chi connectivity index (χ1n) is 6.43. The monoisotopic (exact) mass is 367 g/mol. The van der Waals surface area contributed by atoms with Crippen LogP contribution in [0.25, 0.3) is 0 Å². The number of aryl methyl sites for hydroxylation is 1. The molecule has 0 amide bonds. The molecular formula is C14H11F5NO3P. The van der Waals surface area contributed by atoms with Crippen molar-refractivity contribution in [2.24, 2.45) is 0 Å². The third-order valence-corrected chi connectivity index (χ3v) is 4.32. The fraction of sp³-hybridized carbons (Fsp3) is 0.143. The number of halogens is 5. The molecule has 1 atom stereocenters. The van der Waals surface area contributed by atoms with Crippen LogP contribution in [0, 0.1) is 36.0 Å². The highest BCUT2D eigenvalue weighted by Crippen LogP contribution is 2.52. The van der Waals surface area contributed by atoms with Gasteiger partial charge < -0.3 is 15.1 Å². The molecular weight excluding hydrogens is 356 g/mol. The van der Waals surface area contributed by atoms with Crippen LogP contribution in [0.4, 0.5) is 27.6 Å². The van der Waals surface area contributed by atoms with Crippen LogP contribution in [0.15, 0.2) is 24.3 Å². The average molecular weight is 367 g/mol. The molecule has 2 aromatic rings. The highest BCUT2D eigenvalue weighted by atomic mass is 31.2. The average Bonchev–Trinajstić information content (AvgIpc) is 2.51. The molecule has 130 valence electrons. The Morgan fingerprint density at radius 2 is 1.29 bits per heavy atom. The fourth-order valence-corrected chi connectivity index (χ4v) is 2.84. The highest BCUT2D eigenvalue weighted by Gasteiger charge is 2.34. The van der Waals surface area contributed by atoms with E-state index in [0.717, 1.165) is 5.56 Å². The molecule has 0 aliphatic heterocycles. The van der Waals surface area contributed by atoms with Crippen molar-refractivity contribution in [3.8, 4) is 0 Å². The lowest BCUT2D eigenvalue weighted by Crippen LogP contribution is -2.16. The van der Waals surface area contributed by atoms with Crippen LogP contribution < -0.4 is 5.32 Å². The van der Waals surface area contributed by atoms with Crippen molar-refractivity contribution in [1.82, 2.24) is 0 Å². The summed E-state index contributed by atoms with van der Waals surface area (Å²) in [5.74, 6) is -13.2. The Morgan fingerprint density at radius 1 is 0.875 bits per heavy atom. The fourth-order valence-electron chi connectivity index (χ4n) is 1.98. The Morgan fingerprint density at radius 3 is 1.71 bits per heavy atom. The van der Waals surface area contributed by atoms with Crippen LogP contribution >= 0.6 is 7.60 Å². The summed E-state index contributed by atoms with van der Waals surface area (Å²) < 4.78 is 78.4. The Bertz CT molecular complexity index is 793. The van der Waals surface area contributed by atoms with Gasteiger partial charge in [-0.15, -0.1) is 0 Å². The maximum Gasteiger partial charge on any atom is 0.352 e. The van der Waals surface area contributed by atoms with E-state index in [1.165, 1.54) is 24.3 Å². The predicted octanol–water partition coefficient (Wildman–Crippen LogP) is 3.98. The Kier molecular flexibility index (Phi) is 4.98. The second-order valence-corrected chi connectivity index (χ2v) is 6.69. The van der Waals surface area contributed by atoms with E-state index < -0.39 is 48.2 Å². The summed E-state index contributed by atoms with van der Waals surface area (Å²) in [4.78, 5) is 18.8. The van der Waals surface area contributed by atoms with Crippen molar-refractivity contribution in [3.63, 3.8) is 0 Å². The summed E-state index contributed by atoms with van der Waals surface area (Å²) in [6.45, 7) is 1.69. The number of anilines is 1.